The number of piperidine rings is 1. The molecule has 0 radical (unpaired) electrons. The monoisotopic (exact) mass is 412 g/mol. The summed E-state index contributed by atoms with van der Waals surface area (Å²) in [6.45, 7) is 1.54. The highest BCUT2D eigenvalue weighted by atomic mass is 16.5. The SMILES string of the molecule is COCCN1C(=O)N(Cc2ccccc2)C2(CCN(C(=O)c3cocn3)CC2)C1=O. The molecular formula is C21H24N4O5. The molecule has 0 bridgehead atoms. The van der Waals surface area contributed by atoms with Crippen molar-refractivity contribution < 1.29 is 23.5 Å². The predicted octanol–water partition coefficient (Wildman–Crippen LogP) is 1.76. The first-order valence-corrected chi connectivity index (χ1v) is 9.91. The molecule has 0 atom stereocenters. The first-order chi connectivity index (χ1) is 14.6. The van der Waals surface area contributed by atoms with E-state index >= 15 is 0 Å². The predicted molar refractivity (Wildman–Crippen MR) is 105 cm³/mol. The Morgan fingerprint density at radius 3 is 2.57 bits per heavy atom. The Balaban J connectivity index is 1.57. The largest absolute Gasteiger partial charge is 0.451 e. The Morgan fingerprint density at radius 1 is 1.20 bits per heavy atom. The van der Waals surface area contributed by atoms with Gasteiger partial charge >= 0.3 is 6.03 Å². The first kappa shape index (κ1) is 20.1. The number of carbonyl (C=O) groups excluding carboxylic acids is 3. The van der Waals surface area contributed by atoms with Crippen molar-refractivity contribution in [2.75, 3.05) is 33.4 Å². The van der Waals surface area contributed by atoms with Gasteiger partial charge in [-0.05, 0) is 18.4 Å². The van der Waals surface area contributed by atoms with E-state index in [0.717, 1.165) is 5.56 Å². The minimum absolute atomic E-state index is 0.211. The lowest BCUT2D eigenvalue weighted by Crippen LogP contribution is -2.57. The van der Waals surface area contributed by atoms with Gasteiger partial charge in [-0.1, -0.05) is 30.3 Å². The van der Waals surface area contributed by atoms with Crippen molar-refractivity contribution in [3.8, 4) is 0 Å². The summed E-state index contributed by atoms with van der Waals surface area (Å²) in [5, 5.41) is 0. The van der Waals surface area contributed by atoms with E-state index in [-0.39, 0.29) is 36.7 Å². The summed E-state index contributed by atoms with van der Waals surface area (Å²) in [5.41, 5.74) is 0.233. The van der Waals surface area contributed by atoms with E-state index in [1.54, 1.807) is 9.80 Å². The Labute approximate surface area is 174 Å². The number of nitrogens with zero attached hydrogens (tertiary/aromatic N) is 4. The van der Waals surface area contributed by atoms with Gasteiger partial charge in [0.15, 0.2) is 12.1 Å². The molecule has 2 aromatic rings. The number of ether oxygens (including phenoxy) is 1. The van der Waals surface area contributed by atoms with Crippen molar-refractivity contribution in [3.63, 3.8) is 0 Å². The van der Waals surface area contributed by atoms with E-state index in [4.69, 9.17) is 9.15 Å². The van der Waals surface area contributed by atoms with Crippen LogP contribution in [0.2, 0.25) is 0 Å². The quantitative estimate of drug-likeness (QED) is 0.671. The van der Waals surface area contributed by atoms with Gasteiger partial charge in [0.1, 0.15) is 11.8 Å². The van der Waals surface area contributed by atoms with Crippen molar-refractivity contribution in [1.82, 2.24) is 19.7 Å². The highest BCUT2D eigenvalue weighted by Crippen LogP contribution is 2.38. The van der Waals surface area contributed by atoms with E-state index in [2.05, 4.69) is 4.98 Å². The second-order valence-corrected chi connectivity index (χ2v) is 7.50. The number of hydrogen-bond acceptors (Lipinski definition) is 6. The van der Waals surface area contributed by atoms with Crippen molar-refractivity contribution in [3.05, 3.63) is 54.2 Å². The van der Waals surface area contributed by atoms with E-state index in [1.165, 1.54) is 24.7 Å². The molecule has 9 heteroatoms. The molecule has 3 heterocycles. The molecule has 2 saturated heterocycles. The number of benzene rings is 1. The summed E-state index contributed by atoms with van der Waals surface area (Å²) in [6, 6.07) is 9.30. The summed E-state index contributed by atoms with van der Waals surface area (Å²) in [7, 11) is 1.54. The number of aromatic nitrogens is 1. The molecule has 4 amide bonds. The van der Waals surface area contributed by atoms with Gasteiger partial charge in [-0.2, -0.15) is 0 Å². The highest BCUT2D eigenvalue weighted by molar-refractivity contribution is 6.07. The summed E-state index contributed by atoms with van der Waals surface area (Å²) in [5.74, 6) is -0.449. The van der Waals surface area contributed by atoms with Gasteiger partial charge in [0, 0.05) is 26.7 Å². The van der Waals surface area contributed by atoms with Crippen molar-refractivity contribution in [2.45, 2.75) is 24.9 Å². The van der Waals surface area contributed by atoms with Gasteiger partial charge in [-0.15, -0.1) is 0 Å². The summed E-state index contributed by atoms with van der Waals surface area (Å²) in [6.07, 6.45) is 3.27. The average molecular weight is 412 g/mol. The van der Waals surface area contributed by atoms with Crippen LogP contribution >= 0.6 is 0 Å². The molecule has 1 spiro atoms. The summed E-state index contributed by atoms with van der Waals surface area (Å²) < 4.78 is 9.99. The fraction of sp³-hybridized carbons (Fsp3) is 0.429. The zero-order valence-corrected chi connectivity index (χ0v) is 16.8. The number of imide groups is 1. The number of urea groups is 1. The third-order valence-electron chi connectivity index (χ3n) is 5.85. The van der Waals surface area contributed by atoms with Crippen molar-refractivity contribution in [2.24, 2.45) is 0 Å². The molecule has 1 aromatic carbocycles. The lowest BCUT2D eigenvalue weighted by atomic mass is 9.85. The minimum atomic E-state index is -0.957. The van der Waals surface area contributed by atoms with Crippen LogP contribution in [0.5, 0.6) is 0 Å². The molecule has 2 aliphatic rings. The Bertz CT molecular complexity index is 907. The standard InChI is InChI=1S/C21H24N4O5/c1-29-12-11-24-19(27)21(25(20(24)28)13-16-5-3-2-4-6-16)7-9-23(10-8-21)18(26)17-14-30-15-22-17/h2-6,14-15H,7-13H2,1H3. The minimum Gasteiger partial charge on any atom is -0.451 e. The Kier molecular flexibility index (Phi) is 5.54. The molecule has 0 aliphatic carbocycles. The summed E-state index contributed by atoms with van der Waals surface area (Å²) in [4.78, 5) is 47.7. The zero-order chi connectivity index (χ0) is 21.1. The number of methoxy groups -OCH3 is 1. The molecule has 2 aliphatic heterocycles. The molecule has 2 fully saturated rings. The molecule has 158 valence electrons. The summed E-state index contributed by atoms with van der Waals surface area (Å²) >= 11 is 0. The van der Waals surface area contributed by atoms with Crippen LogP contribution in [0.15, 0.2) is 47.4 Å². The fourth-order valence-corrected chi connectivity index (χ4v) is 4.19. The third-order valence-corrected chi connectivity index (χ3v) is 5.85. The molecule has 0 unspecified atom stereocenters. The smallest absolute Gasteiger partial charge is 0.328 e. The van der Waals surface area contributed by atoms with Crippen molar-refractivity contribution >= 4 is 17.8 Å². The fourth-order valence-electron chi connectivity index (χ4n) is 4.19. The van der Waals surface area contributed by atoms with Gasteiger partial charge in [0.2, 0.25) is 0 Å². The van der Waals surface area contributed by atoms with Crippen LogP contribution in [0.25, 0.3) is 0 Å². The van der Waals surface area contributed by atoms with E-state index in [9.17, 15) is 14.4 Å². The third kappa shape index (κ3) is 3.45. The van der Waals surface area contributed by atoms with E-state index < -0.39 is 5.54 Å². The lowest BCUT2D eigenvalue weighted by molar-refractivity contribution is -0.136. The van der Waals surface area contributed by atoms with Crippen LogP contribution in [-0.4, -0.2) is 76.4 Å². The Morgan fingerprint density at radius 2 is 1.93 bits per heavy atom. The number of likely N-dealkylation sites (tertiary alicyclic amines) is 1. The first-order valence-electron chi connectivity index (χ1n) is 9.91. The number of oxazole rings is 1. The maximum absolute atomic E-state index is 13.4. The van der Waals surface area contributed by atoms with E-state index in [0.29, 0.717) is 32.5 Å². The van der Waals surface area contributed by atoms with Crippen LogP contribution in [0, 0.1) is 0 Å². The van der Waals surface area contributed by atoms with Crippen LogP contribution < -0.4 is 0 Å². The van der Waals surface area contributed by atoms with Crippen LogP contribution in [-0.2, 0) is 16.1 Å². The van der Waals surface area contributed by atoms with Gasteiger partial charge in [-0.25, -0.2) is 9.78 Å². The lowest BCUT2D eigenvalue weighted by Gasteiger charge is -2.42. The number of amides is 4. The van der Waals surface area contributed by atoms with Crippen LogP contribution in [0.3, 0.4) is 0 Å². The number of rotatable bonds is 6. The van der Waals surface area contributed by atoms with Gasteiger partial charge in [0.05, 0.1) is 13.2 Å². The molecule has 9 nitrogen and oxygen atoms in total. The molecule has 0 saturated carbocycles. The van der Waals surface area contributed by atoms with Crippen LogP contribution in [0.4, 0.5) is 4.79 Å². The normalized spacial score (nSPS) is 18.5. The second kappa shape index (κ2) is 8.27. The molecule has 4 rings (SSSR count). The molecule has 1 aromatic heterocycles. The van der Waals surface area contributed by atoms with Crippen molar-refractivity contribution in [1.29, 1.82) is 0 Å². The number of hydrogen-bond donors (Lipinski definition) is 0. The maximum atomic E-state index is 13.4. The highest BCUT2D eigenvalue weighted by Gasteiger charge is 2.58. The maximum Gasteiger partial charge on any atom is 0.328 e. The van der Waals surface area contributed by atoms with Gasteiger partial charge < -0.3 is 19.0 Å². The van der Waals surface area contributed by atoms with Gasteiger partial charge in [-0.3, -0.25) is 14.5 Å². The molecular weight excluding hydrogens is 388 g/mol. The second-order valence-electron chi connectivity index (χ2n) is 7.50. The zero-order valence-electron chi connectivity index (χ0n) is 16.8. The topological polar surface area (TPSA) is 96.2 Å². The van der Waals surface area contributed by atoms with Crippen LogP contribution in [0.1, 0.15) is 28.9 Å². The van der Waals surface area contributed by atoms with Gasteiger partial charge in [0.25, 0.3) is 11.8 Å². The molecule has 30 heavy (non-hydrogen) atoms. The van der Waals surface area contributed by atoms with E-state index in [1.807, 2.05) is 30.3 Å². The molecule has 0 N–H and O–H groups in total. The average Bonchev–Trinajstić information content (AvgIpc) is 3.37. The Hall–Kier alpha value is -3.20. The number of carbonyl (C=O) groups is 3.